The van der Waals surface area contributed by atoms with Crippen LogP contribution in [0.3, 0.4) is 0 Å². The molecule has 114 valence electrons. The standard InChI is InChI=1S/C19H20OS2/c1-2-6-16(7-3-1)8-4-13-20-18-11-9-17(10-12-18)19-21-14-5-15-22-19/h1-4,6-12,19H,5,13-15H2. The Morgan fingerprint density at radius 1 is 0.955 bits per heavy atom. The number of hydrogen-bond acceptors (Lipinski definition) is 3. The Morgan fingerprint density at radius 3 is 2.41 bits per heavy atom. The zero-order valence-electron chi connectivity index (χ0n) is 12.5. The van der Waals surface area contributed by atoms with E-state index in [1.54, 1.807) is 0 Å². The van der Waals surface area contributed by atoms with Crippen LogP contribution in [-0.4, -0.2) is 18.1 Å². The molecule has 1 fully saturated rings. The lowest BCUT2D eigenvalue weighted by Gasteiger charge is -2.21. The van der Waals surface area contributed by atoms with Crippen LogP contribution in [-0.2, 0) is 0 Å². The van der Waals surface area contributed by atoms with Gasteiger partial charge in [0.1, 0.15) is 12.4 Å². The predicted octanol–water partition coefficient (Wildman–Crippen LogP) is 5.65. The van der Waals surface area contributed by atoms with Crippen LogP contribution < -0.4 is 4.74 Å². The topological polar surface area (TPSA) is 9.23 Å². The highest BCUT2D eigenvalue weighted by Crippen LogP contribution is 2.43. The highest BCUT2D eigenvalue weighted by atomic mass is 32.2. The fourth-order valence-electron chi connectivity index (χ4n) is 2.29. The molecule has 1 aliphatic heterocycles. The molecule has 0 aliphatic carbocycles. The summed E-state index contributed by atoms with van der Waals surface area (Å²) in [4.78, 5) is 0. The van der Waals surface area contributed by atoms with Gasteiger partial charge < -0.3 is 4.74 Å². The van der Waals surface area contributed by atoms with Crippen LogP contribution in [0.5, 0.6) is 5.75 Å². The molecule has 2 aromatic rings. The maximum Gasteiger partial charge on any atom is 0.119 e. The number of rotatable bonds is 5. The third-order valence-corrected chi connectivity index (χ3v) is 6.45. The molecule has 0 atom stereocenters. The van der Waals surface area contributed by atoms with Gasteiger partial charge in [0.15, 0.2) is 0 Å². The van der Waals surface area contributed by atoms with Crippen LogP contribution in [0.25, 0.3) is 6.08 Å². The predicted molar refractivity (Wildman–Crippen MR) is 99.7 cm³/mol. The smallest absolute Gasteiger partial charge is 0.119 e. The summed E-state index contributed by atoms with van der Waals surface area (Å²) < 4.78 is 6.37. The van der Waals surface area contributed by atoms with E-state index in [1.807, 2.05) is 18.2 Å². The summed E-state index contributed by atoms with van der Waals surface area (Å²) in [6, 6.07) is 18.9. The molecule has 1 saturated heterocycles. The highest BCUT2D eigenvalue weighted by molar-refractivity contribution is 8.16. The Bertz CT molecular complexity index is 587. The Balaban J connectivity index is 1.49. The number of thioether (sulfide) groups is 2. The third-order valence-electron chi connectivity index (χ3n) is 3.44. The second-order valence-corrected chi connectivity index (χ2v) is 7.84. The van der Waals surface area contributed by atoms with Crippen molar-refractivity contribution >= 4 is 29.6 Å². The zero-order valence-corrected chi connectivity index (χ0v) is 14.1. The van der Waals surface area contributed by atoms with Gasteiger partial charge in [0, 0.05) is 0 Å². The SMILES string of the molecule is C(=Cc1ccccc1)COc1ccc(C2SCCCS2)cc1. The molecule has 2 aromatic carbocycles. The van der Waals surface area contributed by atoms with Gasteiger partial charge in [-0.15, -0.1) is 23.5 Å². The summed E-state index contributed by atoms with van der Waals surface area (Å²) in [6.45, 7) is 0.598. The van der Waals surface area contributed by atoms with Crippen LogP contribution in [0.15, 0.2) is 60.7 Å². The summed E-state index contributed by atoms with van der Waals surface area (Å²) in [5.74, 6) is 3.49. The minimum atomic E-state index is 0.598. The quantitative estimate of drug-likeness (QED) is 0.702. The first-order chi connectivity index (χ1) is 10.9. The van der Waals surface area contributed by atoms with E-state index in [-0.39, 0.29) is 0 Å². The van der Waals surface area contributed by atoms with Gasteiger partial charge >= 0.3 is 0 Å². The molecule has 0 unspecified atom stereocenters. The lowest BCUT2D eigenvalue weighted by molar-refractivity contribution is 0.363. The van der Waals surface area contributed by atoms with Gasteiger partial charge in [-0.25, -0.2) is 0 Å². The molecular formula is C19H20OS2. The van der Waals surface area contributed by atoms with Crippen LogP contribution in [0.4, 0.5) is 0 Å². The molecule has 0 bridgehead atoms. The van der Waals surface area contributed by atoms with Crippen molar-refractivity contribution in [2.75, 3.05) is 18.1 Å². The normalized spacial score (nSPS) is 16.0. The van der Waals surface area contributed by atoms with Gasteiger partial charge in [0.25, 0.3) is 0 Å². The van der Waals surface area contributed by atoms with Crippen molar-refractivity contribution in [1.82, 2.24) is 0 Å². The first-order valence-corrected chi connectivity index (χ1v) is 9.69. The van der Waals surface area contributed by atoms with Crippen molar-refractivity contribution in [3.8, 4) is 5.75 Å². The Hall–Kier alpha value is -1.32. The van der Waals surface area contributed by atoms with Crippen molar-refractivity contribution < 1.29 is 4.74 Å². The molecule has 1 nitrogen and oxygen atoms in total. The molecule has 0 radical (unpaired) electrons. The van der Waals surface area contributed by atoms with Gasteiger partial charge in [-0.3, -0.25) is 0 Å². The van der Waals surface area contributed by atoms with Crippen LogP contribution in [0.2, 0.25) is 0 Å². The van der Waals surface area contributed by atoms with Crippen molar-refractivity contribution in [3.63, 3.8) is 0 Å². The molecule has 1 aliphatic rings. The van der Waals surface area contributed by atoms with Gasteiger partial charge in [0.05, 0.1) is 4.58 Å². The van der Waals surface area contributed by atoms with E-state index in [2.05, 4.69) is 72.1 Å². The molecular weight excluding hydrogens is 308 g/mol. The lowest BCUT2D eigenvalue weighted by Crippen LogP contribution is -2.00. The van der Waals surface area contributed by atoms with Crippen molar-refractivity contribution in [1.29, 1.82) is 0 Å². The molecule has 0 saturated carbocycles. The monoisotopic (exact) mass is 328 g/mol. The van der Waals surface area contributed by atoms with Crippen molar-refractivity contribution in [3.05, 3.63) is 71.8 Å². The summed E-state index contributed by atoms with van der Waals surface area (Å²) in [5, 5.41) is 0. The number of hydrogen-bond donors (Lipinski definition) is 0. The molecule has 0 spiro atoms. The number of ether oxygens (including phenoxy) is 1. The molecule has 0 aromatic heterocycles. The molecule has 1 heterocycles. The molecule has 3 rings (SSSR count). The summed E-state index contributed by atoms with van der Waals surface area (Å²) in [5.41, 5.74) is 2.61. The Morgan fingerprint density at radius 2 is 1.68 bits per heavy atom. The van der Waals surface area contributed by atoms with E-state index in [0.717, 1.165) is 5.75 Å². The molecule has 0 amide bonds. The van der Waals surface area contributed by atoms with E-state index in [4.69, 9.17) is 4.74 Å². The maximum atomic E-state index is 5.77. The largest absolute Gasteiger partial charge is 0.490 e. The van der Waals surface area contributed by atoms with Crippen LogP contribution >= 0.6 is 23.5 Å². The minimum Gasteiger partial charge on any atom is -0.490 e. The van der Waals surface area contributed by atoms with Gasteiger partial charge in [-0.1, -0.05) is 48.5 Å². The third kappa shape index (κ3) is 4.59. The van der Waals surface area contributed by atoms with E-state index in [9.17, 15) is 0 Å². The van der Waals surface area contributed by atoms with Crippen LogP contribution in [0, 0.1) is 0 Å². The Labute approximate surface area is 141 Å². The molecule has 22 heavy (non-hydrogen) atoms. The average molecular weight is 329 g/mol. The van der Waals surface area contributed by atoms with Crippen LogP contribution in [0.1, 0.15) is 22.1 Å². The molecule has 3 heteroatoms. The van der Waals surface area contributed by atoms with E-state index in [1.165, 1.54) is 29.1 Å². The first-order valence-electron chi connectivity index (χ1n) is 7.59. The van der Waals surface area contributed by atoms with Gasteiger partial charge in [-0.2, -0.15) is 0 Å². The highest BCUT2D eigenvalue weighted by Gasteiger charge is 2.16. The Kier molecular flexibility index (Phi) is 5.91. The van der Waals surface area contributed by atoms with Crippen molar-refractivity contribution in [2.24, 2.45) is 0 Å². The zero-order chi connectivity index (χ0) is 15.0. The first kappa shape index (κ1) is 15.6. The second kappa shape index (κ2) is 8.35. The summed E-state index contributed by atoms with van der Waals surface area (Å²) in [7, 11) is 0. The van der Waals surface area contributed by atoms with E-state index >= 15 is 0 Å². The molecule has 0 N–H and O–H groups in total. The maximum absolute atomic E-state index is 5.77. The summed E-state index contributed by atoms with van der Waals surface area (Å²) in [6.07, 6.45) is 5.47. The van der Waals surface area contributed by atoms with E-state index < -0.39 is 0 Å². The van der Waals surface area contributed by atoms with Gasteiger partial charge in [-0.05, 0) is 47.3 Å². The fourth-order valence-corrected chi connectivity index (χ4v) is 5.19. The number of benzene rings is 2. The lowest BCUT2D eigenvalue weighted by atomic mass is 10.2. The van der Waals surface area contributed by atoms with Crippen molar-refractivity contribution in [2.45, 2.75) is 11.0 Å². The summed E-state index contributed by atoms with van der Waals surface area (Å²) >= 11 is 4.10. The minimum absolute atomic E-state index is 0.598. The second-order valence-electron chi connectivity index (χ2n) is 5.12. The fraction of sp³-hybridized carbons (Fsp3) is 0.263. The van der Waals surface area contributed by atoms with E-state index in [0.29, 0.717) is 11.2 Å². The average Bonchev–Trinajstić information content (AvgIpc) is 2.61. The van der Waals surface area contributed by atoms with Gasteiger partial charge in [0.2, 0.25) is 0 Å².